The summed E-state index contributed by atoms with van der Waals surface area (Å²) in [6.07, 6.45) is 0.796. The summed E-state index contributed by atoms with van der Waals surface area (Å²) in [5, 5.41) is 20.1. The third-order valence-corrected chi connectivity index (χ3v) is 8.94. The molecule has 0 spiro atoms. The first-order valence-corrected chi connectivity index (χ1v) is 16.3. The van der Waals surface area contributed by atoms with Crippen molar-refractivity contribution in [3.05, 3.63) is 94.8 Å². The van der Waals surface area contributed by atoms with E-state index in [0.29, 0.717) is 63.9 Å². The Bertz CT molecular complexity index is 1710. The third kappa shape index (κ3) is 6.97. The topological polar surface area (TPSA) is 111 Å². The molecule has 1 amide bonds. The molecular formula is C33H32FN3O6S2. The van der Waals surface area contributed by atoms with E-state index in [1.54, 1.807) is 60.7 Å². The maximum absolute atomic E-state index is 14.2. The van der Waals surface area contributed by atoms with Gasteiger partial charge in [-0.3, -0.25) is 14.5 Å². The van der Waals surface area contributed by atoms with Crippen LogP contribution in [0.25, 0.3) is 5.76 Å². The number of benzene rings is 3. The van der Waals surface area contributed by atoms with Crippen molar-refractivity contribution in [2.75, 3.05) is 24.7 Å². The number of aliphatic hydroxyl groups excluding tert-OH is 1. The van der Waals surface area contributed by atoms with Crippen molar-refractivity contribution in [1.82, 2.24) is 10.2 Å². The number of amides is 1. The summed E-state index contributed by atoms with van der Waals surface area (Å²) in [6, 6.07) is 17.2. The average molecular weight is 650 g/mol. The van der Waals surface area contributed by atoms with Crippen LogP contribution >= 0.6 is 23.1 Å². The minimum Gasteiger partial charge on any atom is -0.507 e. The zero-order valence-electron chi connectivity index (χ0n) is 25.0. The number of thioether (sulfide) groups is 1. The molecule has 45 heavy (non-hydrogen) atoms. The van der Waals surface area contributed by atoms with Crippen LogP contribution in [0.4, 0.5) is 9.52 Å². The Balaban J connectivity index is 1.57. The maximum Gasteiger partial charge on any atom is 0.301 e. The fourth-order valence-electron chi connectivity index (χ4n) is 4.78. The average Bonchev–Trinajstić information content (AvgIpc) is 3.62. The highest BCUT2D eigenvalue weighted by Gasteiger charge is 2.48. The van der Waals surface area contributed by atoms with Crippen LogP contribution in [0.1, 0.15) is 49.9 Å². The van der Waals surface area contributed by atoms with E-state index in [1.807, 2.05) is 20.8 Å². The van der Waals surface area contributed by atoms with Crippen LogP contribution in [-0.2, 0) is 15.3 Å². The van der Waals surface area contributed by atoms with Gasteiger partial charge >= 0.3 is 5.91 Å². The monoisotopic (exact) mass is 649 g/mol. The Labute approximate surface area is 268 Å². The van der Waals surface area contributed by atoms with Gasteiger partial charge in [0.05, 0.1) is 31.4 Å². The summed E-state index contributed by atoms with van der Waals surface area (Å²) in [7, 11) is 0. The number of rotatable bonds is 13. The summed E-state index contributed by atoms with van der Waals surface area (Å²) in [5.41, 5.74) is 1.24. The molecule has 3 aromatic carbocycles. The van der Waals surface area contributed by atoms with Gasteiger partial charge in [0, 0.05) is 11.3 Å². The molecule has 0 aliphatic carbocycles. The standard InChI is InChI=1S/C33H32FN3O6S2/c1-4-17-43-25-16-13-21(18-26(25)42-6-3)28-27(29(38)20-11-14-23(15-12-20)41-5-2)30(39)31(40)37(28)32-35-36-33(45-32)44-19-22-9-7-8-10-24(22)34/h7-16,18,28,38H,4-6,17,19H2,1-3H3/b29-27+. The number of carbonyl (C=O) groups is 2. The molecule has 0 bridgehead atoms. The van der Waals surface area contributed by atoms with Crippen LogP contribution in [0.15, 0.2) is 76.6 Å². The number of halogens is 1. The van der Waals surface area contributed by atoms with Gasteiger partial charge in [-0.05, 0) is 73.9 Å². The van der Waals surface area contributed by atoms with E-state index >= 15 is 0 Å². The Morgan fingerprint density at radius 2 is 1.71 bits per heavy atom. The molecule has 1 aromatic heterocycles. The molecule has 2 heterocycles. The minimum atomic E-state index is -1.05. The van der Waals surface area contributed by atoms with E-state index in [-0.39, 0.29) is 22.3 Å². The summed E-state index contributed by atoms with van der Waals surface area (Å²) >= 11 is 2.37. The molecule has 0 radical (unpaired) electrons. The van der Waals surface area contributed by atoms with Gasteiger partial charge in [-0.25, -0.2) is 4.39 Å². The number of anilines is 1. The largest absolute Gasteiger partial charge is 0.507 e. The highest BCUT2D eigenvalue weighted by atomic mass is 32.2. The molecule has 5 rings (SSSR count). The molecule has 1 atom stereocenters. The van der Waals surface area contributed by atoms with Gasteiger partial charge in [-0.15, -0.1) is 10.2 Å². The molecular weight excluding hydrogens is 618 g/mol. The van der Waals surface area contributed by atoms with E-state index in [2.05, 4.69) is 10.2 Å². The summed E-state index contributed by atoms with van der Waals surface area (Å²) in [4.78, 5) is 28.6. The first-order chi connectivity index (χ1) is 21.9. The second-order valence-electron chi connectivity index (χ2n) is 9.84. The zero-order valence-corrected chi connectivity index (χ0v) is 26.6. The van der Waals surface area contributed by atoms with Crippen LogP contribution in [0.2, 0.25) is 0 Å². The summed E-state index contributed by atoms with van der Waals surface area (Å²) < 4.78 is 31.9. The predicted octanol–water partition coefficient (Wildman–Crippen LogP) is 7.18. The van der Waals surface area contributed by atoms with Gasteiger partial charge < -0.3 is 19.3 Å². The van der Waals surface area contributed by atoms with Gasteiger partial charge in [-0.1, -0.05) is 54.3 Å². The molecule has 1 saturated heterocycles. The molecule has 1 aliphatic rings. The number of ether oxygens (including phenoxy) is 3. The molecule has 234 valence electrons. The van der Waals surface area contributed by atoms with Crippen LogP contribution in [0.5, 0.6) is 17.2 Å². The molecule has 12 heteroatoms. The van der Waals surface area contributed by atoms with Crippen molar-refractivity contribution in [1.29, 1.82) is 0 Å². The summed E-state index contributed by atoms with van der Waals surface area (Å²) in [6.45, 7) is 7.01. The Morgan fingerprint density at radius 3 is 2.42 bits per heavy atom. The molecule has 4 aromatic rings. The number of nitrogens with zero attached hydrogens (tertiary/aromatic N) is 3. The van der Waals surface area contributed by atoms with Crippen LogP contribution in [0.3, 0.4) is 0 Å². The van der Waals surface area contributed by atoms with Crippen molar-refractivity contribution in [2.45, 2.75) is 43.3 Å². The Kier molecular flexibility index (Phi) is 10.4. The van der Waals surface area contributed by atoms with Crippen molar-refractivity contribution < 1.29 is 33.3 Å². The van der Waals surface area contributed by atoms with Crippen molar-refractivity contribution in [2.24, 2.45) is 0 Å². The maximum atomic E-state index is 14.2. The highest BCUT2D eigenvalue weighted by Crippen LogP contribution is 2.46. The first-order valence-electron chi connectivity index (χ1n) is 14.5. The lowest BCUT2D eigenvalue weighted by atomic mass is 9.95. The second-order valence-corrected chi connectivity index (χ2v) is 12.0. The Morgan fingerprint density at radius 1 is 0.956 bits per heavy atom. The van der Waals surface area contributed by atoms with Gasteiger partial charge in [0.2, 0.25) is 5.13 Å². The quantitative estimate of drug-likeness (QED) is 0.0529. The Hall–Kier alpha value is -4.42. The number of aliphatic hydroxyl groups is 1. The van der Waals surface area contributed by atoms with E-state index in [9.17, 15) is 19.1 Å². The number of hydrogen-bond donors (Lipinski definition) is 1. The molecule has 1 N–H and O–H groups in total. The second kappa shape index (κ2) is 14.6. The first kappa shape index (κ1) is 32.0. The molecule has 1 unspecified atom stereocenters. The van der Waals surface area contributed by atoms with Crippen LogP contribution in [-0.4, -0.2) is 46.8 Å². The van der Waals surface area contributed by atoms with E-state index < -0.39 is 17.7 Å². The van der Waals surface area contributed by atoms with E-state index in [4.69, 9.17) is 14.2 Å². The number of hydrogen-bond acceptors (Lipinski definition) is 10. The molecule has 9 nitrogen and oxygen atoms in total. The number of Topliss-reactive ketones (excluding diaryl/α,β-unsaturated/α-hetero) is 1. The zero-order chi connectivity index (χ0) is 31.9. The summed E-state index contributed by atoms with van der Waals surface area (Å²) in [5.74, 6) is -0.535. The molecule has 1 fully saturated rings. The lowest BCUT2D eigenvalue weighted by Crippen LogP contribution is -2.29. The minimum absolute atomic E-state index is 0.107. The molecule has 1 aliphatic heterocycles. The van der Waals surface area contributed by atoms with Crippen molar-refractivity contribution in [3.8, 4) is 17.2 Å². The SMILES string of the molecule is CCCOc1ccc(C2/C(=C(\O)c3ccc(OCC)cc3)C(=O)C(=O)N2c2nnc(SCc3ccccc3F)s2)cc1OCC. The lowest BCUT2D eigenvalue weighted by Gasteiger charge is -2.23. The van der Waals surface area contributed by atoms with E-state index in [1.165, 1.54) is 22.7 Å². The van der Waals surface area contributed by atoms with Gasteiger partial charge in [0.15, 0.2) is 15.8 Å². The highest BCUT2D eigenvalue weighted by molar-refractivity contribution is 8.00. The number of carbonyl (C=O) groups excluding carboxylic acids is 2. The van der Waals surface area contributed by atoms with Gasteiger partial charge in [0.1, 0.15) is 17.3 Å². The van der Waals surface area contributed by atoms with Gasteiger partial charge in [-0.2, -0.15) is 0 Å². The fourth-order valence-corrected chi connectivity index (χ4v) is 6.64. The predicted molar refractivity (Wildman–Crippen MR) is 172 cm³/mol. The number of ketones is 1. The van der Waals surface area contributed by atoms with Crippen molar-refractivity contribution in [3.63, 3.8) is 0 Å². The smallest absolute Gasteiger partial charge is 0.301 e. The van der Waals surface area contributed by atoms with Gasteiger partial charge in [0.25, 0.3) is 5.78 Å². The normalized spacial score (nSPS) is 15.8. The molecule has 0 saturated carbocycles. The number of aromatic nitrogens is 2. The third-order valence-electron chi connectivity index (χ3n) is 6.84. The van der Waals surface area contributed by atoms with Crippen LogP contribution in [0, 0.1) is 5.82 Å². The van der Waals surface area contributed by atoms with E-state index in [0.717, 1.165) is 17.8 Å². The lowest BCUT2D eigenvalue weighted by molar-refractivity contribution is -0.132. The van der Waals surface area contributed by atoms with Crippen molar-refractivity contribution >= 4 is 45.7 Å². The van der Waals surface area contributed by atoms with Crippen LogP contribution < -0.4 is 19.1 Å². The fraction of sp³-hybridized carbons (Fsp3) is 0.273.